The van der Waals surface area contributed by atoms with E-state index in [-0.39, 0.29) is 11.0 Å². The number of rotatable bonds is 10. The Morgan fingerprint density at radius 1 is 1.14 bits per heavy atom. The highest BCUT2D eigenvalue weighted by molar-refractivity contribution is 7.86. The summed E-state index contributed by atoms with van der Waals surface area (Å²) < 4.78 is 34.2. The summed E-state index contributed by atoms with van der Waals surface area (Å²) in [4.78, 5) is 10.3. The summed E-state index contributed by atoms with van der Waals surface area (Å²) in [6, 6.07) is 6.64. The maximum Gasteiger partial charge on any atom is 0.303 e. The lowest BCUT2D eigenvalue weighted by Gasteiger charge is -2.21. The van der Waals surface area contributed by atoms with Gasteiger partial charge in [0.15, 0.2) is 0 Å². The molecule has 0 aromatic heterocycles. The fraction of sp³-hybridized carbons (Fsp3) is 0.667. The van der Waals surface area contributed by atoms with Gasteiger partial charge < -0.3 is 9.84 Å². The summed E-state index contributed by atoms with van der Waals surface area (Å²) in [7, 11) is -3.66. The summed E-state index contributed by atoms with van der Waals surface area (Å²) in [6.45, 7) is 5.12. The molecule has 2 rings (SSSR count). The van der Waals surface area contributed by atoms with Crippen molar-refractivity contribution in [1.82, 2.24) is 0 Å². The van der Waals surface area contributed by atoms with Gasteiger partial charge in [-0.2, -0.15) is 8.42 Å². The molecule has 0 spiro atoms. The van der Waals surface area contributed by atoms with Crippen LogP contribution in [0.3, 0.4) is 0 Å². The highest BCUT2D eigenvalue weighted by Gasteiger charge is 2.23. The van der Waals surface area contributed by atoms with Gasteiger partial charge in [-0.25, -0.2) is 0 Å². The van der Waals surface area contributed by atoms with Gasteiger partial charge in [-0.1, -0.05) is 56.7 Å². The number of carboxylic acid groups (broad SMARTS) is 1. The van der Waals surface area contributed by atoms with Gasteiger partial charge in [0, 0.05) is 13.0 Å². The zero-order chi connectivity index (χ0) is 20.8. The zero-order valence-electron chi connectivity index (χ0n) is 17.1. The Bertz CT molecular complexity index is 648. The van der Waals surface area contributed by atoms with E-state index in [1.165, 1.54) is 25.7 Å². The molecule has 1 saturated heterocycles. The van der Waals surface area contributed by atoms with Crippen LogP contribution in [0.2, 0.25) is 0 Å². The van der Waals surface area contributed by atoms with Crippen molar-refractivity contribution in [3.05, 3.63) is 29.8 Å². The first-order valence-electron chi connectivity index (χ1n) is 10.1. The molecule has 1 aliphatic rings. The van der Waals surface area contributed by atoms with Gasteiger partial charge >= 0.3 is 5.97 Å². The van der Waals surface area contributed by atoms with Crippen LogP contribution in [0.1, 0.15) is 70.3 Å². The Morgan fingerprint density at radius 2 is 1.79 bits per heavy atom. The average Bonchev–Trinajstić information content (AvgIpc) is 2.66. The van der Waals surface area contributed by atoms with Crippen LogP contribution in [-0.2, 0) is 23.8 Å². The molecule has 7 heteroatoms. The van der Waals surface area contributed by atoms with Gasteiger partial charge in [-0.15, -0.1) is 0 Å². The van der Waals surface area contributed by atoms with E-state index in [4.69, 9.17) is 14.0 Å². The molecular formula is C21H34O6S. The Kier molecular flexibility index (Phi) is 12.0. The second kappa shape index (κ2) is 13.7. The van der Waals surface area contributed by atoms with E-state index < -0.39 is 16.1 Å². The predicted octanol–water partition coefficient (Wildman–Crippen LogP) is 4.70. The summed E-state index contributed by atoms with van der Waals surface area (Å²) in [5, 5.41) is 8.32. The molecule has 1 fully saturated rings. The number of carbonyl (C=O) groups is 1. The maximum absolute atomic E-state index is 11.9. The van der Waals surface area contributed by atoms with Crippen LogP contribution in [0.15, 0.2) is 29.2 Å². The molecule has 28 heavy (non-hydrogen) atoms. The zero-order valence-corrected chi connectivity index (χ0v) is 17.9. The molecule has 0 bridgehead atoms. The molecule has 1 aromatic rings. The molecule has 0 amide bonds. The molecule has 0 aliphatic carbocycles. The van der Waals surface area contributed by atoms with Gasteiger partial charge in [0.05, 0.1) is 11.5 Å². The minimum Gasteiger partial charge on any atom is -0.481 e. The van der Waals surface area contributed by atoms with Gasteiger partial charge in [0.1, 0.15) is 6.10 Å². The lowest BCUT2D eigenvalue weighted by molar-refractivity contribution is -0.137. The van der Waals surface area contributed by atoms with Crippen molar-refractivity contribution < 1.29 is 27.2 Å². The average molecular weight is 415 g/mol. The van der Waals surface area contributed by atoms with E-state index in [0.29, 0.717) is 19.6 Å². The number of hydrogen-bond donors (Lipinski definition) is 1. The third-order valence-corrected chi connectivity index (χ3v) is 5.81. The Balaban J connectivity index is 0.000000311. The van der Waals surface area contributed by atoms with E-state index in [1.54, 1.807) is 24.3 Å². The molecule has 0 radical (unpaired) electrons. The van der Waals surface area contributed by atoms with E-state index in [0.717, 1.165) is 31.2 Å². The van der Waals surface area contributed by atoms with Crippen LogP contribution < -0.4 is 0 Å². The summed E-state index contributed by atoms with van der Waals surface area (Å²) >= 11 is 0. The molecule has 6 nitrogen and oxygen atoms in total. The van der Waals surface area contributed by atoms with Crippen molar-refractivity contribution in [3.63, 3.8) is 0 Å². The highest BCUT2D eigenvalue weighted by Crippen LogP contribution is 2.19. The predicted molar refractivity (Wildman–Crippen MR) is 109 cm³/mol. The molecule has 160 valence electrons. The fourth-order valence-corrected chi connectivity index (χ4v) is 3.87. The lowest BCUT2D eigenvalue weighted by atomic mass is 10.1. The normalized spacial score (nSPS) is 16.9. The number of hydrogen-bond acceptors (Lipinski definition) is 5. The van der Waals surface area contributed by atoms with Gasteiger partial charge in [-0.05, 0) is 38.3 Å². The third-order valence-electron chi connectivity index (χ3n) is 4.44. The molecule has 1 aromatic carbocycles. The number of aryl methyl sites for hydroxylation is 1. The minimum atomic E-state index is -3.66. The molecule has 1 aliphatic heterocycles. The minimum absolute atomic E-state index is 0.202. The van der Waals surface area contributed by atoms with Crippen molar-refractivity contribution in [2.24, 2.45) is 0 Å². The van der Waals surface area contributed by atoms with Crippen molar-refractivity contribution in [1.29, 1.82) is 0 Å². The van der Waals surface area contributed by atoms with Crippen LogP contribution in [0.25, 0.3) is 0 Å². The first-order chi connectivity index (χ1) is 13.3. The first-order valence-corrected chi connectivity index (χ1v) is 11.6. The Labute approximate surface area is 169 Å². The van der Waals surface area contributed by atoms with E-state index in [9.17, 15) is 13.2 Å². The number of carboxylic acids is 1. The van der Waals surface area contributed by atoms with Crippen LogP contribution in [0.4, 0.5) is 0 Å². The van der Waals surface area contributed by atoms with E-state index in [2.05, 4.69) is 6.92 Å². The molecule has 1 unspecified atom stereocenters. The van der Waals surface area contributed by atoms with Crippen LogP contribution in [-0.4, -0.2) is 38.8 Å². The molecule has 1 N–H and O–H groups in total. The monoisotopic (exact) mass is 414 g/mol. The Hall–Kier alpha value is -1.44. The number of aliphatic carboxylic acids is 1. The van der Waals surface area contributed by atoms with E-state index >= 15 is 0 Å². The van der Waals surface area contributed by atoms with Gasteiger partial charge in [-0.3, -0.25) is 8.98 Å². The van der Waals surface area contributed by atoms with Crippen LogP contribution in [0, 0.1) is 6.92 Å². The number of benzene rings is 1. The fourth-order valence-electron chi connectivity index (χ4n) is 2.78. The lowest BCUT2D eigenvalue weighted by Crippen LogP contribution is -2.28. The van der Waals surface area contributed by atoms with Crippen molar-refractivity contribution in [2.45, 2.75) is 82.6 Å². The maximum atomic E-state index is 11.9. The highest BCUT2D eigenvalue weighted by atomic mass is 32.2. The third kappa shape index (κ3) is 10.8. The van der Waals surface area contributed by atoms with Crippen molar-refractivity contribution >= 4 is 16.1 Å². The standard InChI is InChI=1S/C12H16O4S.C9H18O2/c1-10-4-6-12(7-5-10)17(13,14)16-11-3-2-8-15-9-11;1-2-3-4-5-6-7-8-9(10)11/h4-7,11H,2-3,8-9H2,1H3;2-8H2,1H3,(H,10,11). The second-order valence-electron chi connectivity index (χ2n) is 7.11. The van der Waals surface area contributed by atoms with E-state index in [1.807, 2.05) is 6.92 Å². The largest absolute Gasteiger partial charge is 0.481 e. The van der Waals surface area contributed by atoms with Gasteiger partial charge in [0.2, 0.25) is 0 Å². The summed E-state index contributed by atoms with van der Waals surface area (Å²) in [6.07, 6.45) is 8.47. The molecular weight excluding hydrogens is 380 g/mol. The summed E-state index contributed by atoms with van der Waals surface area (Å²) in [5.74, 6) is -0.666. The van der Waals surface area contributed by atoms with Crippen LogP contribution in [0.5, 0.6) is 0 Å². The first kappa shape index (κ1) is 24.6. The van der Waals surface area contributed by atoms with Crippen LogP contribution >= 0.6 is 0 Å². The second-order valence-corrected chi connectivity index (χ2v) is 8.69. The number of unbranched alkanes of at least 4 members (excludes halogenated alkanes) is 5. The Morgan fingerprint density at radius 3 is 2.36 bits per heavy atom. The quantitative estimate of drug-likeness (QED) is 0.441. The SMILES string of the molecule is CCCCCCCCC(=O)O.Cc1ccc(S(=O)(=O)OC2CCCOC2)cc1. The van der Waals surface area contributed by atoms with Gasteiger partial charge in [0.25, 0.3) is 10.1 Å². The number of ether oxygens (including phenoxy) is 1. The molecule has 1 heterocycles. The van der Waals surface area contributed by atoms with Crippen molar-refractivity contribution in [2.75, 3.05) is 13.2 Å². The smallest absolute Gasteiger partial charge is 0.303 e. The molecule has 1 atom stereocenters. The van der Waals surface area contributed by atoms with Crippen molar-refractivity contribution in [3.8, 4) is 0 Å². The topological polar surface area (TPSA) is 89.9 Å². The molecule has 0 saturated carbocycles. The summed E-state index contributed by atoms with van der Waals surface area (Å²) in [5.41, 5.74) is 1.02.